The first kappa shape index (κ1) is 17.5. The average molecular weight is 404 g/mol. The van der Waals surface area contributed by atoms with Gasteiger partial charge in [0.1, 0.15) is 5.01 Å². The lowest BCUT2D eigenvalue weighted by Gasteiger charge is -2.26. The number of nitrogens with zero attached hydrogens (tertiary/aromatic N) is 2. The number of carbonyl (C=O) groups is 2. The molecule has 3 aromatic rings. The number of Topliss-reactive ketones (excluding diaryl/α,β-unsaturated/α-hetero) is 1. The van der Waals surface area contributed by atoms with Gasteiger partial charge in [-0.25, -0.2) is 9.97 Å². The number of aromatic nitrogens is 2. The van der Waals surface area contributed by atoms with E-state index < -0.39 is 0 Å². The van der Waals surface area contributed by atoms with Crippen molar-refractivity contribution in [1.29, 1.82) is 0 Å². The van der Waals surface area contributed by atoms with Crippen molar-refractivity contribution >= 4 is 50.8 Å². The van der Waals surface area contributed by atoms with Crippen molar-refractivity contribution in [3.63, 3.8) is 0 Å². The molecule has 26 heavy (non-hydrogen) atoms. The molecule has 0 unspecified atom stereocenters. The number of nitrogens with one attached hydrogen (secondary N) is 1. The number of thiophene rings is 1. The van der Waals surface area contributed by atoms with Crippen LogP contribution >= 0.6 is 34.0 Å². The third-order valence-electron chi connectivity index (χ3n) is 4.14. The molecule has 0 spiro atoms. The Morgan fingerprint density at radius 2 is 2.12 bits per heavy atom. The van der Waals surface area contributed by atoms with Gasteiger partial charge in [-0.1, -0.05) is 25.2 Å². The summed E-state index contributed by atoms with van der Waals surface area (Å²) in [5.74, 6) is -0.0425. The van der Waals surface area contributed by atoms with E-state index in [0.29, 0.717) is 16.4 Å². The third kappa shape index (κ3) is 3.62. The SMILES string of the molecule is CC1(C)CC(=O)c2sc(NC(=O)Cc3csc(-c4ccsc4)n3)nc2C1. The average Bonchev–Trinajstić information content (AvgIpc) is 3.25. The van der Waals surface area contributed by atoms with Gasteiger partial charge in [0.2, 0.25) is 5.91 Å². The van der Waals surface area contributed by atoms with Crippen LogP contribution in [0.4, 0.5) is 5.13 Å². The lowest BCUT2D eigenvalue weighted by atomic mass is 9.78. The summed E-state index contributed by atoms with van der Waals surface area (Å²) in [7, 11) is 0. The van der Waals surface area contributed by atoms with Crippen LogP contribution in [0.5, 0.6) is 0 Å². The second kappa shape index (κ2) is 6.68. The van der Waals surface area contributed by atoms with Crippen LogP contribution in [-0.2, 0) is 17.6 Å². The second-order valence-electron chi connectivity index (χ2n) is 7.12. The van der Waals surface area contributed by atoms with Crippen molar-refractivity contribution < 1.29 is 9.59 Å². The fourth-order valence-electron chi connectivity index (χ4n) is 3.01. The topological polar surface area (TPSA) is 72.0 Å². The Morgan fingerprint density at radius 1 is 1.27 bits per heavy atom. The van der Waals surface area contributed by atoms with Gasteiger partial charge in [-0.05, 0) is 23.3 Å². The number of fused-ring (bicyclic) bond motifs is 1. The molecule has 1 amide bonds. The fraction of sp³-hybridized carbons (Fsp3) is 0.333. The van der Waals surface area contributed by atoms with Crippen LogP contribution in [0.15, 0.2) is 22.2 Å². The summed E-state index contributed by atoms with van der Waals surface area (Å²) in [5, 5.41) is 10.2. The van der Waals surface area contributed by atoms with Gasteiger partial charge in [0, 0.05) is 22.7 Å². The first-order valence-corrected chi connectivity index (χ1v) is 10.8. The Kier molecular flexibility index (Phi) is 4.50. The highest BCUT2D eigenvalue weighted by Gasteiger charge is 2.34. The molecule has 1 aliphatic rings. The Balaban J connectivity index is 1.44. The van der Waals surface area contributed by atoms with Crippen molar-refractivity contribution in [3.8, 4) is 10.6 Å². The zero-order chi connectivity index (χ0) is 18.3. The molecule has 3 aromatic heterocycles. The number of rotatable bonds is 4. The number of thiazole rings is 2. The van der Waals surface area contributed by atoms with Gasteiger partial charge in [-0.3, -0.25) is 9.59 Å². The van der Waals surface area contributed by atoms with E-state index in [2.05, 4.69) is 29.1 Å². The summed E-state index contributed by atoms with van der Waals surface area (Å²) in [4.78, 5) is 34.3. The minimum absolute atomic E-state index is 0.0713. The molecule has 134 valence electrons. The highest BCUT2D eigenvalue weighted by Crippen LogP contribution is 2.38. The summed E-state index contributed by atoms with van der Waals surface area (Å²) < 4.78 is 0. The number of anilines is 1. The van der Waals surface area contributed by atoms with Crippen LogP contribution in [-0.4, -0.2) is 21.7 Å². The largest absolute Gasteiger partial charge is 0.302 e. The number of carbonyl (C=O) groups excluding carboxylic acids is 2. The van der Waals surface area contributed by atoms with Crippen LogP contribution in [0.1, 0.15) is 41.3 Å². The molecule has 4 rings (SSSR count). The Hall–Kier alpha value is -1.90. The third-order valence-corrected chi connectivity index (χ3v) is 6.82. The quantitative estimate of drug-likeness (QED) is 0.687. The molecule has 0 aromatic carbocycles. The van der Waals surface area contributed by atoms with E-state index >= 15 is 0 Å². The minimum atomic E-state index is -0.162. The van der Waals surface area contributed by atoms with Gasteiger partial charge in [0.05, 0.1) is 22.7 Å². The van der Waals surface area contributed by atoms with E-state index in [1.54, 1.807) is 11.3 Å². The maximum atomic E-state index is 12.3. The molecular formula is C18H17N3O2S3. The second-order valence-corrected chi connectivity index (χ2v) is 9.75. The minimum Gasteiger partial charge on any atom is -0.302 e. The van der Waals surface area contributed by atoms with E-state index in [-0.39, 0.29) is 23.5 Å². The van der Waals surface area contributed by atoms with Gasteiger partial charge in [0.25, 0.3) is 0 Å². The Bertz CT molecular complexity index is 970. The molecular weight excluding hydrogens is 386 g/mol. The number of hydrogen-bond donors (Lipinski definition) is 1. The molecule has 0 saturated heterocycles. The van der Waals surface area contributed by atoms with Gasteiger partial charge < -0.3 is 5.32 Å². The van der Waals surface area contributed by atoms with Crippen molar-refractivity contribution in [1.82, 2.24) is 9.97 Å². The molecule has 0 atom stereocenters. The maximum Gasteiger partial charge on any atom is 0.232 e. The van der Waals surface area contributed by atoms with Gasteiger partial charge in [-0.15, -0.1) is 11.3 Å². The van der Waals surface area contributed by atoms with Crippen LogP contribution in [0.3, 0.4) is 0 Å². The first-order chi connectivity index (χ1) is 12.4. The zero-order valence-corrected chi connectivity index (χ0v) is 16.8. The predicted octanol–water partition coefficient (Wildman–Crippen LogP) is 4.66. The van der Waals surface area contributed by atoms with E-state index in [1.165, 1.54) is 22.7 Å². The molecule has 0 bridgehead atoms. The standard InChI is InChI=1S/C18H17N3O2S3/c1-18(2)6-12-15(13(22)7-18)26-17(20-12)21-14(23)5-11-9-25-16(19-11)10-3-4-24-8-10/h3-4,8-9H,5-7H2,1-2H3,(H,20,21,23). The molecule has 5 nitrogen and oxygen atoms in total. The molecule has 0 aliphatic heterocycles. The van der Waals surface area contributed by atoms with Crippen molar-refractivity contribution in [3.05, 3.63) is 38.5 Å². The van der Waals surface area contributed by atoms with Crippen LogP contribution < -0.4 is 5.32 Å². The first-order valence-electron chi connectivity index (χ1n) is 8.19. The monoisotopic (exact) mass is 403 g/mol. The van der Waals surface area contributed by atoms with Crippen molar-refractivity contribution in [2.75, 3.05) is 5.32 Å². The molecule has 0 saturated carbocycles. The van der Waals surface area contributed by atoms with E-state index in [4.69, 9.17) is 0 Å². The summed E-state index contributed by atoms with van der Waals surface area (Å²) >= 11 is 4.44. The molecule has 0 fully saturated rings. The van der Waals surface area contributed by atoms with Gasteiger partial charge in [-0.2, -0.15) is 11.3 Å². The predicted molar refractivity (Wildman–Crippen MR) is 106 cm³/mol. The van der Waals surface area contributed by atoms with Gasteiger partial charge >= 0.3 is 0 Å². The summed E-state index contributed by atoms with van der Waals surface area (Å²) in [6, 6.07) is 2.02. The highest BCUT2D eigenvalue weighted by molar-refractivity contribution is 7.17. The maximum absolute atomic E-state index is 12.3. The summed E-state index contributed by atoms with van der Waals surface area (Å²) in [5.41, 5.74) is 2.56. The van der Waals surface area contributed by atoms with E-state index in [1.807, 2.05) is 22.2 Å². The summed E-state index contributed by atoms with van der Waals surface area (Å²) in [6.07, 6.45) is 1.49. The molecule has 8 heteroatoms. The normalized spacial score (nSPS) is 15.7. The van der Waals surface area contributed by atoms with Crippen molar-refractivity contribution in [2.45, 2.75) is 33.1 Å². The lowest BCUT2D eigenvalue weighted by Crippen LogP contribution is -2.26. The van der Waals surface area contributed by atoms with Gasteiger partial charge in [0.15, 0.2) is 10.9 Å². The van der Waals surface area contributed by atoms with E-state index in [0.717, 1.165) is 28.4 Å². The van der Waals surface area contributed by atoms with Crippen LogP contribution in [0.25, 0.3) is 10.6 Å². The van der Waals surface area contributed by atoms with Crippen LogP contribution in [0, 0.1) is 5.41 Å². The smallest absolute Gasteiger partial charge is 0.232 e. The Morgan fingerprint density at radius 3 is 2.88 bits per heavy atom. The zero-order valence-electron chi connectivity index (χ0n) is 14.4. The highest BCUT2D eigenvalue weighted by atomic mass is 32.1. The lowest BCUT2D eigenvalue weighted by molar-refractivity contribution is -0.115. The number of hydrogen-bond acceptors (Lipinski definition) is 7. The van der Waals surface area contributed by atoms with Crippen molar-refractivity contribution in [2.24, 2.45) is 5.41 Å². The molecule has 0 radical (unpaired) electrons. The number of ketones is 1. The van der Waals surface area contributed by atoms with Crippen LogP contribution in [0.2, 0.25) is 0 Å². The molecule has 3 heterocycles. The Labute approximate surface area is 163 Å². The van der Waals surface area contributed by atoms with E-state index in [9.17, 15) is 9.59 Å². The summed E-state index contributed by atoms with van der Waals surface area (Å²) in [6.45, 7) is 4.14. The fourth-order valence-corrected chi connectivity index (χ4v) is 5.48. The molecule has 1 aliphatic carbocycles. The molecule has 1 N–H and O–H groups in total. The number of amides is 1.